The first kappa shape index (κ1) is 22.2. The van der Waals surface area contributed by atoms with Crippen LogP contribution in [0.5, 0.6) is 0 Å². The Kier molecular flexibility index (Phi) is 8.80. The number of hydrogen-bond acceptors (Lipinski definition) is 5. The van der Waals surface area contributed by atoms with E-state index in [4.69, 9.17) is 4.74 Å². The summed E-state index contributed by atoms with van der Waals surface area (Å²) in [5.41, 5.74) is 0.868. The van der Waals surface area contributed by atoms with Crippen LogP contribution in [0, 0.1) is 0 Å². The number of carbonyl (C=O) groups is 1. The average molecular weight is 386 g/mol. The van der Waals surface area contributed by atoms with Gasteiger partial charge in [-0.2, -0.15) is 0 Å². The fourth-order valence-corrected chi connectivity index (χ4v) is 2.79. The number of aliphatic hydroxyl groups excluding tert-OH is 1. The Labute approximate surface area is 167 Å². The first-order valence-electron chi connectivity index (χ1n) is 9.71. The second kappa shape index (κ2) is 11.1. The molecular formula is C23H31NO4. The van der Waals surface area contributed by atoms with Gasteiger partial charge < -0.3 is 20.3 Å². The van der Waals surface area contributed by atoms with Gasteiger partial charge in [0.15, 0.2) is 5.78 Å². The number of benzene rings is 2. The fraction of sp³-hybridized carbons (Fsp3) is 0.435. The maximum absolute atomic E-state index is 12.9. The molecule has 5 nitrogen and oxygen atoms in total. The van der Waals surface area contributed by atoms with E-state index in [0.29, 0.717) is 31.5 Å². The maximum Gasteiger partial charge on any atom is 0.191 e. The van der Waals surface area contributed by atoms with E-state index in [1.807, 2.05) is 48.5 Å². The molecule has 2 aromatic carbocycles. The predicted octanol–water partition coefficient (Wildman–Crippen LogP) is 2.61. The smallest absolute Gasteiger partial charge is 0.191 e. The van der Waals surface area contributed by atoms with E-state index in [2.05, 4.69) is 5.32 Å². The minimum Gasteiger partial charge on any atom is -0.390 e. The normalized spacial score (nSPS) is 13.9. The van der Waals surface area contributed by atoms with Gasteiger partial charge in [0.25, 0.3) is 0 Å². The molecule has 2 atom stereocenters. The summed E-state index contributed by atoms with van der Waals surface area (Å²) >= 11 is 0. The molecule has 3 N–H and O–H groups in total. The summed E-state index contributed by atoms with van der Waals surface area (Å²) in [5.74, 6) is -0.0911. The highest BCUT2D eigenvalue weighted by Gasteiger charge is 2.22. The molecule has 5 heteroatoms. The van der Waals surface area contributed by atoms with Crippen molar-refractivity contribution in [2.75, 3.05) is 19.7 Å². The van der Waals surface area contributed by atoms with E-state index >= 15 is 0 Å². The minimum atomic E-state index is -0.739. The Morgan fingerprint density at radius 1 is 1.07 bits per heavy atom. The van der Waals surface area contributed by atoms with Crippen LogP contribution in [0.2, 0.25) is 0 Å². The molecule has 0 radical (unpaired) electrons. The van der Waals surface area contributed by atoms with Gasteiger partial charge in [-0.3, -0.25) is 4.79 Å². The summed E-state index contributed by atoms with van der Waals surface area (Å²) in [6.45, 7) is 4.49. The van der Waals surface area contributed by atoms with Crippen molar-refractivity contribution in [3.63, 3.8) is 0 Å². The lowest BCUT2D eigenvalue weighted by atomic mass is 10.00. The van der Waals surface area contributed by atoms with Crippen LogP contribution >= 0.6 is 0 Å². The molecule has 0 aromatic heterocycles. The minimum absolute atomic E-state index is 0.0611. The molecule has 2 unspecified atom stereocenters. The van der Waals surface area contributed by atoms with Crippen molar-refractivity contribution in [1.29, 1.82) is 0 Å². The third-order valence-electron chi connectivity index (χ3n) is 4.40. The number of carbonyl (C=O) groups excluding carboxylic acids is 1. The van der Waals surface area contributed by atoms with Crippen LogP contribution in [-0.2, 0) is 11.2 Å². The van der Waals surface area contributed by atoms with E-state index in [0.717, 1.165) is 5.56 Å². The average Bonchev–Trinajstić information content (AvgIpc) is 2.68. The van der Waals surface area contributed by atoms with E-state index < -0.39 is 17.8 Å². The van der Waals surface area contributed by atoms with Crippen molar-refractivity contribution in [2.45, 2.75) is 44.5 Å². The summed E-state index contributed by atoms with van der Waals surface area (Å²) < 4.78 is 5.83. The van der Waals surface area contributed by atoms with Gasteiger partial charge in [-0.05, 0) is 32.4 Å². The Balaban J connectivity index is 1.91. The van der Waals surface area contributed by atoms with Gasteiger partial charge in [0.2, 0.25) is 0 Å². The first-order valence-corrected chi connectivity index (χ1v) is 9.71. The number of hydrogen-bond donors (Lipinski definition) is 3. The van der Waals surface area contributed by atoms with Crippen LogP contribution in [0.15, 0.2) is 60.7 Å². The third-order valence-corrected chi connectivity index (χ3v) is 4.40. The molecule has 28 heavy (non-hydrogen) atoms. The SMILES string of the molecule is CC(C)(O)CCNCC(O)COC(Cc1ccccc1)C(=O)c1ccccc1. The second-order valence-corrected chi connectivity index (χ2v) is 7.66. The van der Waals surface area contributed by atoms with Crippen molar-refractivity contribution in [3.05, 3.63) is 71.8 Å². The van der Waals surface area contributed by atoms with Crippen LogP contribution < -0.4 is 5.32 Å². The molecule has 2 rings (SSSR count). The number of ketones is 1. The molecule has 2 aromatic rings. The van der Waals surface area contributed by atoms with Crippen LogP contribution in [0.25, 0.3) is 0 Å². The number of Topliss-reactive ketones (excluding diaryl/α,β-unsaturated/α-hetero) is 1. The highest BCUT2D eigenvalue weighted by atomic mass is 16.5. The van der Waals surface area contributed by atoms with Gasteiger partial charge in [0.05, 0.1) is 18.3 Å². The lowest BCUT2D eigenvalue weighted by Gasteiger charge is -2.21. The highest BCUT2D eigenvalue weighted by Crippen LogP contribution is 2.13. The van der Waals surface area contributed by atoms with Gasteiger partial charge in [0.1, 0.15) is 6.10 Å². The molecule has 0 saturated heterocycles. The molecule has 0 aliphatic rings. The molecular weight excluding hydrogens is 354 g/mol. The van der Waals surface area contributed by atoms with Crippen molar-refractivity contribution >= 4 is 5.78 Å². The van der Waals surface area contributed by atoms with E-state index in [9.17, 15) is 15.0 Å². The Morgan fingerprint density at radius 3 is 2.29 bits per heavy atom. The zero-order chi connectivity index (χ0) is 20.4. The van der Waals surface area contributed by atoms with Crippen LogP contribution in [0.4, 0.5) is 0 Å². The second-order valence-electron chi connectivity index (χ2n) is 7.66. The standard InChI is InChI=1S/C23H31NO4/c1-23(2,27)13-14-24-16-20(25)17-28-21(15-18-9-5-3-6-10-18)22(26)19-11-7-4-8-12-19/h3-12,20-21,24-25,27H,13-17H2,1-2H3. The molecule has 0 heterocycles. The summed E-state index contributed by atoms with van der Waals surface area (Å²) in [7, 11) is 0. The van der Waals surface area contributed by atoms with Crippen molar-refractivity contribution < 1.29 is 19.7 Å². The molecule has 0 bridgehead atoms. The van der Waals surface area contributed by atoms with Crippen LogP contribution in [0.1, 0.15) is 36.2 Å². The zero-order valence-electron chi connectivity index (χ0n) is 16.7. The zero-order valence-corrected chi connectivity index (χ0v) is 16.7. The lowest BCUT2D eigenvalue weighted by molar-refractivity contribution is -0.00233. The number of nitrogens with one attached hydrogen (secondary N) is 1. The first-order chi connectivity index (χ1) is 13.3. The van der Waals surface area contributed by atoms with E-state index in [-0.39, 0.29) is 12.4 Å². The van der Waals surface area contributed by atoms with Crippen LogP contribution in [-0.4, -0.2) is 53.5 Å². The highest BCUT2D eigenvalue weighted by molar-refractivity contribution is 5.99. The Hall–Kier alpha value is -2.05. The van der Waals surface area contributed by atoms with Gasteiger partial charge in [0, 0.05) is 18.5 Å². The number of aliphatic hydroxyl groups is 2. The quantitative estimate of drug-likeness (QED) is 0.387. The lowest BCUT2D eigenvalue weighted by Crippen LogP contribution is -2.36. The summed E-state index contributed by atoms with van der Waals surface area (Å²) in [6, 6.07) is 18.8. The number of ether oxygens (including phenoxy) is 1. The van der Waals surface area contributed by atoms with E-state index in [1.165, 1.54) is 0 Å². The predicted molar refractivity (Wildman–Crippen MR) is 110 cm³/mol. The van der Waals surface area contributed by atoms with E-state index in [1.54, 1.807) is 26.0 Å². The van der Waals surface area contributed by atoms with Gasteiger partial charge in [-0.1, -0.05) is 60.7 Å². The Morgan fingerprint density at radius 2 is 1.68 bits per heavy atom. The molecule has 0 fully saturated rings. The maximum atomic E-state index is 12.9. The third kappa shape index (κ3) is 8.31. The monoisotopic (exact) mass is 385 g/mol. The summed E-state index contributed by atoms with van der Waals surface area (Å²) in [4.78, 5) is 12.9. The molecule has 0 spiro atoms. The summed E-state index contributed by atoms with van der Waals surface area (Å²) in [6.07, 6.45) is -0.351. The Bertz CT molecular complexity index is 698. The molecule has 0 amide bonds. The van der Waals surface area contributed by atoms with Gasteiger partial charge in [-0.25, -0.2) is 0 Å². The number of rotatable bonds is 12. The van der Waals surface area contributed by atoms with Crippen LogP contribution in [0.3, 0.4) is 0 Å². The molecule has 152 valence electrons. The largest absolute Gasteiger partial charge is 0.390 e. The molecule has 0 aliphatic heterocycles. The van der Waals surface area contributed by atoms with Crippen molar-refractivity contribution in [2.24, 2.45) is 0 Å². The van der Waals surface area contributed by atoms with Crippen molar-refractivity contribution in [1.82, 2.24) is 5.32 Å². The molecule has 0 aliphatic carbocycles. The fourth-order valence-electron chi connectivity index (χ4n) is 2.79. The molecule has 0 saturated carbocycles. The van der Waals surface area contributed by atoms with Gasteiger partial charge in [-0.15, -0.1) is 0 Å². The topological polar surface area (TPSA) is 78.8 Å². The summed E-state index contributed by atoms with van der Waals surface area (Å²) in [5, 5.41) is 23.0. The van der Waals surface area contributed by atoms with Gasteiger partial charge >= 0.3 is 0 Å². The van der Waals surface area contributed by atoms with Crippen molar-refractivity contribution in [3.8, 4) is 0 Å².